The number of rotatable bonds is 7. The molecule has 0 spiro atoms. The van der Waals surface area contributed by atoms with Gasteiger partial charge in [-0.3, -0.25) is 9.89 Å². The minimum Gasteiger partial charge on any atom is -0.486 e. The Bertz CT molecular complexity index is 1050. The Labute approximate surface area is 180 Å². The molecule has 0 saturated carbocycles. The second-order valence-corrected chi connectivity index (χ2v) is 7.37. The maximum atomic E-state index is 12.8. The van der Waals surface area contributed by atoms with Gasteiger partial charge in [-0.25, -0.2) is 0 Å². The molecular weight excluding hydrogens is 402 g/mol. The van der Waals surface area contributed by atoms with Crippen LogP contribution >= 0.6 is 11.6 Å². The van der Waals surface area contributed by atoms with Gasteiger partial charge in [0.15, 0.2) is 18.1 Å². The largest absolute Gasteiger partial charge is 0.486 e. The highest BCUT2D eigenvalue weighted by Crippen LogP contribution is 2.30. The third kappa shape index (κ3) is 4.33. The molecule has 2 aromatic carbocycles. The summed E-state index contributed by atoms with van der Waals surface area (Å²) in [4.78, 5) is 14.6. The highest BCUT2D eigenvalue weighted by atomic mass is 35.5. The molecule has 1 N–H and O–H groups in total. The fourth-order valence-electron chi connectivity index (χ4n) is 3.42. The molecule has 154 valence electrons. The lowest BCUT2D eigenvalue weighted by Crippen LogP contribution is -2.38. The van der Waals surface area contributed by atoms with Gasteiger partial charge in [0.2, 0.25) is 0 Å². The Morgan fingerprint density at radius 1 is 1.17 bits per heavy atom. The molecular formula is C23H22ClN3O3. The number of para-hydroxylation sites is 2. The van der Waals surface area contributed by atoms with Crippen molar-refractivity contribution in [1.29, 1.82) is 0 Å². The standard InChI is InChI=1S/C23H22ClN3O3/c1-2-13-29-20-5-3-4-6-21(20)30-15-22(28)27-12-11-19-18(14-27)23(26-25-19)16-7-9-17(24)10-8-16/h2-10H,1,11-15H2,(H,25,26). The molecule has 0 saturated heterocycles. The molecule has 1 aliphatic rings. The number of halogens is 1. The van der Waals surface area contributed by atoms with E-state index in [2.05, 4.69) is 16.8 Å². The van der Waals surface area contributed by atoms with Gasteiger partial charge in [0, 0.05) is 41.4 Å². The first-order valence-electron chi connectivity index (χ1n) is 9.71. The van der Waals surface area contributed by atoms with Crippen molar-refractivity contribution in [3.63, 3.8) is 0 Å². The summed E-state index contributed by atoms with van der Waals surface area (Å²) in [5.74, 6) is 1.05. The fraction of sp³-hybridized carbons (Fsp3) is 0.217. The minimum atomic E-state index is -0.0811. The van der Waals surface area contributed by atoms with E-state index < -0.39 is 0 Å². The van der Waals surface area contributed by atoms with Crippen LogP contribution in [0.5, 0.6) is 11.5 Å². The van der Waals surface area contributed by atoms with Crippen molar-refractivity contribution >= 4 is 17.5 Å². The molecule has 0 fully saturated rings. The monoisotopic (exact) mass is 423 g/mol. The molecule has 1 amide bonds. The Balaban J connectivity index is 1.44. The van der Waals surface area contributed by atoms with E-state index in [0.717, 1.165) is 28.9 Å². The van der Waals surface area contributed by atoms with E-state index in [1.165, 1.54) is 0 Å². The van der Waals surface area contributed by atoms with Crippen LogP contribution in [0.4, 0.5) is 0 Å². The molecule has 3 aromatic rings. The second-order valence-electron chi connectivity index (χ2n) is 6.94. The summed E-state index contributed by atoms with van der Waals surface area (Å²) < 4.78 is 11.3. The minimum absolute atomic E-state index is 0.0576. The molecule has 2 heterocycles. The van der Waals surface area contributed by atoms with E-state index in [1.54, 1.807) is 23.1 Å². The first kappa shape index (κ1) is 20.0. The molecule has 4 rings (SSSR count). The Hall–Kier alpha value is -3.25. The molecule has 0 aliphatic carbocycles. The second kappa shape index (κ2) is 9.05. The summed E-state index contributed by atoms with van der Waals surface area (Å²) >= 11 is 6.00. The van der Waals surface area contributed by atoms with Crippen LogP contribution in [0, 0.1) is 0 Å². The number of hydrogen-bond donors (Lipinski definition) is 1. The smallest absolute Gasteiger partial charge is 0.260 e. The summed E-state index contributed by atoms with van der Waals surface area (Å²) in [6.45, 7) is 5.07. The zero-order chi connectivity index (χ0) is 20.9. The predicted octanol–water partition coefficient (Wildman–Crippen LogP) is 4.26. The summed E-state index contributed by atoms with van der Waals surface area (Å²) in [6.07, 6.45) is 2.39. The quantitative estimate of drug-likeness (QED) is 0.576. The van der Waals surface area contributed by atoms with Crippen LogP contribution in [0.15, 0.2) is 61.2 Å². The molecule has 0 radical (unpaired) electrons. The van der Waals surface area contributed by atoms with Crippen LogP contribution < -0.4 is 9.47 Å². The van der Waals surface area contributed by atoms with Gasteiger partial charge >= 0.3 is 0 Å². The van der Waals surface area contributed by atoms with Gasteiger partial charge < -0.3 is 14.4 Å². The predicted molar refractivity (Wildman–Crippen MR) is 116 cm³/mol. The van der Waals surface area contributed by atoms with Crippen molar-refractivity contribution in [3.05, 3.63) is 77.5 Å². The van der Waals surface area contributed by atoms with E-state index in [-0.39, 0.29) is 12.5 Å². The van der Waals surface area contributed by atoms with Gasteiger partial charge in [-0.2, -0.15) is 5.10 Å². The van der Waals surface area contributed by atoms with Crippen molar-refractivity contribution < 1.29 is 14.3 Å². The molecule has 30 heavy (non-hydrogen) atoms. The van der Waals surface area contributed by atoms with Crippen LogP contribution in [0.2, 0.25) is 5.02 Å². The summed E-state index contributed by atoms with van der Waals surface area (Å²) in [7, 11) is 0. The number of nitrogens with one attached hydrogen (secondary N) is 1. The van der Waals surface area contributed by atoms with Crippen molar-refractivity contribution in [1.82, 2.24) is 15.1 Å². The van der Waals surface area contributed by atoms with Gasteiger partial charge in [-0.15, -0.1) is 0 Å². The number of benzene rings is 2. The number of H-pyrrole nitrogens is 1. The summed E-state index contributed by atoms with van der Waals surface area (Å²) in [5, 5.41) is 8.25. The van der Waals surface area contributed by atoms with Crippen LogP contribution in [-0.2, 0) is 17.8 Å². The molecule has 0 bridgehead atoms. The number of nitrogens with zero attached hydrogens (tertiary/aromatic N) is 2. The van der Waals surface area contributed by atoms with Gasteiger partial charge in [0.05, 0.1) is 5.69 Å². The number of carbonyl (C=O) groups excluding carboxylic acids is 1. The lowest BCUT2D eigenvalue weighted by atomic mass is 10.0. The van der Waals surface area contributed by atoms with Crippen molar-refractivity contribution in [2.75, 3.05) is 19.8 Å². The lowest BCUT2D eigenvalue weighted by molar-refractivity contribution is -0.134. The Morgan fingerprint density at radius 2 is 1.90 bits per heavy atom. The molecule has 6 nitrogen and oxygen atoms in total. The SMILES string of the molecule is C=CCOc1ccccc1OCC(=O)N1CCc2[nH]nc(-c3ccc(Cl)cc3)c2C1. The molecule has 7 heteroatoms. The van der Waals surface area contributed by atoms with E-state index in [4.69, 9.17) is 21.1 Å². The number of carbonyl (C=O) groups is 1. The maximum absolute atomic E-state index is 12.8. The number of ether oxygens (including phenoxy) is 2. The average Bonchev–Trinajstić information content (AvgIpc) is 3.20. The Kier molecular flexibility index (Phi) is 6.05. The van der Waals surface area contributed by atoms with Crippen molar-refractivity contribution in [3.8, 4) is 22.8 Å². The lowest BCUT2D eigenvalue weighted by Gasteiger charge is -2.27. The van der Waals surface area contributed by atoms with Gasteiger partial charge in [0.1, 0.15) is 6.61 Å². The van der Waals surface area contributed by atoms with Gasteiger partial charge in [-0.1, -0.05) is 48.5 Å². The summed E-state index contributed by atoms with van der Waals surface area (Å²) in [6, 6.07) is 14.8. The van der Waals surface area contributed by atoms with Gasteiger partial charge in [0.25, 0.3) is 5.91 Å². The zero-order valence-corrected chi connectivity index (χ0v) is 17.2. The highest BCUT2D eigenvalue weighted by Gasteiger charge is 2.26. The fourth-order valence-corrected chi connectivity index (χ4v) is 3.55. The number of amides is 1. The third-order valence-electron chi connectivity index (χ3n) is 4.96. The number of fused-ring (bicyclic) bond motifs is 1. The van der Waals surface area contributed by atoms with E-state index in [1.807, 2.05) is 36.4 Å². The number of hydrogen-bond acceptors (Lipinski definition) is 4. The Morgan fingerprint density at radius 3 is 2.63 bits per heavy atom. The van der Waals surface area contributed by atoms with E-state index in [9.17, 15) is 4.79 Å². The van der Waals surface area contributed by atoms with Crippen LogP contribution in [-0.4, -0.2) is 40.8 Å². The first-order valence-corrected chi connectivity index (χ1v) is 10.1. The highest BCUT2D eigenvalue weighted by molar-refractivity contribution is 6.30. The van der Waals surface area contributed by atoms with Crippen molar-refractivity contribution in [2.24, 2.45) is 0 Å². The molecule has 0 atom stereocenters. The average molecular weight is 424 g/mol. The van der Waals surface area contributed by atoms with E-state index >= 15 is 0 Å². The van der Waals surface area contributed by atoms with Crippen LogP contribution in [0.3, 0.4) is 0 Å². The van der Waals surface area contributed by atoms with Crippen LogP contribution in [0.25, 0.3) is 11.3 Å². The first-order chi connectivity index (χ1) is 14.7. The topological polar surface area (TPSA) is 67.5 Å². The molecule has 1 aliphatic heterocycles. The normalized spacial score (nSPS) is 12.9. The maximum Gasteiger partial charge on any atom is 0.260 e. The van der Waals surface area contributed by atoms with E-state index in [0.29, 0.717) is 36.2 Å². The number of aromatic nitrogens is 2. The summed E-state index contributed by atoms with van der Waals surface area (Å²) in [5.41, 5.74) is 3.92. The zero-order valence-electron chi connectivity index (χ0n) is 16.4. The third-order valence-corrected chi connectivity index (χ3v) is 5.21. The number of aromatic amines is 1. The van der Waals surface area contributed by atoms with Crippen LogP contribution in [0.1, 0.15) is 11.3 Å². The van der Waals surface area contributed by atoms with Gasteiger partial charge in [-0.05, 0) is 24.3 Å². The van der Waals surface area contributed by atoms with Crippen molar-refractivity contribution in [2.45, 2.75) is 13.0 Å². The molecule has 0 unspecified atom stereocenters. The molecule has 1 aromatic heterocycles.